The van der Waals surface area contributed by atoms with Gasteiger partial charge in [0.15, 0.2) is 5.34 Å². The Kier molecular flexibility index (Phi) is 4.78. The van der Waals surface area contributed by atoms with Gasteiger partial charge >= 0.3 is 7.60 Å². The molecule has 0 spiro atoms. The summed E-state index contributed by atoms with van der Waals surface area (Å²) < 4.78 is 22.8. The predicted octanol–water partition coefficient (Wildman–Crippen LogP) is 2.91. The van der Waals surface area contributed by atoms with Crippen molar-refractivity contribution in [1.29, 1.82) is 0 Å². The molecule has 1 aliphatic rings. The van der Waals surface area contributed by atoms with Crippen LogP contribution in [0.15, 0.2) is 0 Å². The van der Waals surface area contributed by atoms with Gasteiger partial charge in [0.2, 0.25) is 0 Å². The summed E-state index contributed by atoms with van der Waals surface area (Å²) in [6.07, 6.45) is 3.90. The molecule has 0 aromatic carbocycles. The zero-order valence-electron chi connectivity index (χ0n) is 9.57. The average Bonchev–Trinajstić information content (AvgIpc) is 2.19. The largest absolute Gasteiger partial charge is 0.377 e. The van der Waals surface area contributed by atoms with Gasteiger partial charge in [0.05, 0.1) is 13.2 Å². The lowest BCUT2D eigenvalue weighted by Gasteiger charge is -2.37. The van der Waals surface area contributed by atoms with Crippen molar-refractivity contribution in [3.05, 3.63) is 0 Å². The summed E-state index contributed by atoms with van der Waals surface area (Å²) in [6, 6.07) is 0. The highest BCUT2D eigenvalue weighted by molar-refractivity contribution is 7.55. The van der Waals surface area contributed by atoms with E-state index in [1.54, 1.807) is 13.8 Å². The van der Waals surface area contributed by atoms with E-state index >= 15 is 0 Å². The molecule has 0 aromatic heterocycles. The van der Waals surface area contributed by atoms with Crippen LogP contribution < -0.4 is 0 Å². The van der Waals surface area contributed by atoms with Crippen molar-refractivity contribution >= 4 is 7.60 Å². The molecule has 15 heavy (non-hydrogen) atoms. The van der Waals surface area contributed by atoms with Crippen molar-refractivity contribution in [2.24, 2.45) is 0 Å². The molecule has 0 amide bonds. The molecule has 1 rings (SSSR count). The monoisotopic (exact) mass is 236 g/mol. The van der Waals surface area contributed by atoms with E-state index in [1.165, 1.54) is 0 Å². The molecular weight excluding hydrogens is 215 g/mol. The van der Waals surface area contributed by atoms with E-state index in [0.29, 0.717) is 26.1 Å². The highest BCUT2D eigenvalue weighted by atomic mass is 31.2. The van der Waals surface area contributed by atoms with Crippen LogP contribution in [-0.2, 0) is 13.6 Å². The number of hydrogen-bond donors (Lipinski definition) is 1. The molecule has 5 heteroatoms. The van der Waals surface area contributed by atoms with Gasteiger partial charge in [0.1, 0.15) is 0 Å². The van der Waals surface area contributed by atoms with Gasteiger partial charge < -0.3 is 14.2 Å². The molecule has 1 saturated carbocycles. The van der Waals surface area contributed by atoms with Crippen LogP contribution in [-0.4, -0.2) is 23.7 Å². The Balaban J connectivity index is 2.80. The molecular formula is C10H21O4P. The standard InChI is InChI=1S/C10H21O4P/c1-3-13-15(12,14-4-2)10(11)8-6-5-7-9-10/h11H,3-9H2,1-2H3. The first-order valence-corrected chi connectivity index (χ1v) is 7.24. The third kappa shape index (κ3) is 2.82. The molecule has 1 N–H and O–H groups in total. The van der Waals surface area contributed by atoms with E-state index in [4.69, 9.17) is 9.05 Å². The number of rotatable bonds is 5. The zero-order valence-corrected chi connectivity index (χ0v) is 10.5. The SMILES string of the molecule is CCOP(=O)(OCC)C1(O)CCCCC1. The molecule has 0 radical (unpaired) electrons. The van der Waals surface area contributed by atoms with Crippen LogP contribution in [0.3, 0.4) is 0 Å². The normalized spacial score (nSPS) is 21.5. The van der Waals surface area contributed by atoms with Gasteiger partial charge in [0.25, 0.3) is 0 Å². The minimum Gasteiger partial charge on any atom is -0.377 e. The second kappa shape index (κ2) is 5.44. The predicted molar refractivity (Wildman–Crippen MR) is 58.9 cm³/mol. The van der Waals surface area contributed by atoms with Crippen LogP contribution >= 0.6 is 7.60 Å². The van der Waals surface area contributed by atoms with Crippen LogP contribution in [0.1, 0.15) is 46.0 Å². The summed E-state index contributed by atoms with van der Waals surface area (Å²) in [5.41, 5.74) is 0. The van der Waals surface area contributed by atoms with Crippen molar-refractivity contribution < 1.29 is 18.7 Å². The molecule has 0 saturated heterocycles. The van der Waals surface area contributed by atoms with Crippen LogP contribution in [0.2, 0.25) is 0 Å². The van der Waals surface area contributed by atoms with Crippen LogP contribution in [0.5, 0.6) is 0 Å². The Hall–Kier alpha value is 0.110. The van der Waals surface area contributed by atoms with Gasteiger partial charge in [-0.05, 0) is 39.5 Å². The number of aliphatic hydroxyl groups is 1. The number of hydrogen-bond acceptors (Lipinski definition) is 4. The summed E-state index contributed by atoms with van der Waals surface area (Å²) in [7, 11) is -3.35. The summed E-state index contributed by atoms with van der Waals surface area (Å²) in [5.74, 6) is 0. The summed E-state index contributed by atoms with van der Waals surface area (Å²) in [4.78, 5) is 0. The van der Waals surface area contributed by atoms with Crippen molar-refractivity contribution in [2.75, 3.05) is 13.2 Å². The first-order valence-electron chi connectivity index (χ1n) is 5.69. The quantitative estimate of drug-likeness (QED) is 0.746. The van der Waals surface area contributed by atoms with Crippen LogP contribution in [0.25, 0.3) is 0 Å². The maximum atomic E-state index is 12.4. The molecule has 0 bridgehead atoms. The molecule has 0 aliphatic heterocycles. The molecule has 4 nitrogen and oxygen atoms in total. The van der Waals surface area contributed by atoms with Crippen LogP contribution in [0.4, 0.5) is 0 Å². The summed E-state index contributed by atoms with van der Waals surface area (Å²) >= 11 is 0. The average molecular weight is 236 g/mol. The molecule has 0 unspecified atom stereocenters. The van der Waals surface area contributed by atoms with Crippen molar-refractivity contribution in [2.45, 2.75) is 51.3 Å². The van der Waals surface area contributed by atoms with Gasteiger partial charge in [-0.15, -0.1) is 0 Å². The lowest BCUT2D eigenvalue weighted by Crippen LogP contribution is -2.33. The van der Waals surface area contributed by atoms with Gasteiger partial charge in [-0.25, -0.2) is 0 Å². The lowest BCUT2D eigenvalue weighted by atomic mass is 9.97. The van der Waals surface area contributed by atoms with Gasteiger partial charge in [-0.2, -0.15) is 0 Å². The smallest absolute Gasteiger partial charge is 0.361 e. The maximum absolute atomic E-state index is 12.4. The van der Waals surface area contributed by atoms with E-state index in [1.807, 2.05) is 0 Å². The van der Waals surface area contributed by atoms with E-state index in [9.17, 15) is 9.67 Å². The Labute approximate surface area is 91.5 Å². The fourth-order valence-electron chi connectivity index (χ4n) is 2.01. The Bertz CT molecular complexity index is 226. The molecule has 0 atom stereocenters. The van der Waals surface area contributed by atoms with E-state index in [0.717, 1.165) is 19.3 Å². The van der Waals surface area contributed by atoms with Crippen molar-refractivity contribution in [3.8, 4) is 0 Å². The Morgan fingerprint density at radius 1 is 1.13 bits per heavy atom. The van der Waals surface area contributed by atoms with E-state index in [2.05, 4.69) is 0 Å². The van der Waals surface area contributed by atoms with Gasteiger partial charge in [0, 0.05) is 0 Å². The van der Waals surface area contributed by atoms with E-state index < -0.39 is 12.9 Å². The molecule has 0 heterocycles. The first-order chi connectivity index (χ1) is 7.08. The minimum absolute atomic E-state index is 0.305. The second-order valence-corrected chi connectivity index (χ2v) is 6.22. The minimum atomic E-state index is -3.35. The zero-order chi connectivity index (χ0) is 11.4. The third-order valence-corrected chi connectivity index (χ3v) is 5.43. The molecule has 90 valence electrons. The van der Waals surface area contributed by atoms with Gasteiger partial charge in [-0.3, -0.25) is 4.57 Å². The fraction of sp³-hybridized carbons (Fsp3) is 1.00. The molecule has 1 aliphatic carbocycles. The highest BCUT2D eigenvalue weighted by Crippen LogP contribution is 2.63. The topological polar surface area (TPSA) is 55.8 Å². The second-order valence-electron chi connectivity index (χ2n) is 3.88. The van der Waals surface area contributed by atoms with Gasteiger partial charge in [-0.1, -0.05) is 6.42 Å². The van der Waals surface area contributed by atoms with E-state index in [-0.39, 0.29) is 0 Å². The molecule has 0 aromatic rings. The lowest BCUT2D eigenvalue weighted by molar-refractivity contribution is 0.0377. The van der Waals surface area contributed by atoms with Crippen LogP contribution in [0, 0.1) is 0 Å². The summed E-state index contributed by atoms with van der Waals surface area (Å²) in [6.45, 7) is 4.13. The van der Waals surface area contributed by atoms with Crippen molar-refractivity contribution in [1.82, 2.24) is 0 Å². The highest BCUT2D eigenvalue weighted by Gasteiger charge is 2.49. The fourth-order valence-corrected chi connectivity index (χ4v) is 4.11. The summed E-state index contributed by atoms with van der Waals surface area (Å²) in [5, 5.41) is 9.09. The molecule has 1 fully saturated rings. The Morgan fingerprint density at radius 2 is 1.60 bits per heavy atom. The maximum Gasteiger partial charge on any atom is 0.361 e. The Morgan fingerprint density at radius 3 is 2.00 bits per heavy atom. The van der Waals surface area contributed by atoms with Crippen molar-refractivity contribution in [3.63, 3.8) is 0 Å². The first kappa shape index (κ1) is 13.2. The third-order valence-electron chi connectivity index (χ3n) is 2.76.